The number of nitrogens with one attached hydrogen (secondary N) is 1. The fraction of sp³-hybridized carbons (Fsp3) is 0.533. The van der Waals surface area contributed by atoms with Crippen LogP contribution in [-0.2, 0) is 17.6 Å². The van der Waals surface area contributed by atoms with Crippen LogP contribution in [0, 0.1) is 0 Å². The number of aryl methyl sites for hydroxylation is 1. The van der Waals surface area contributed by atoms with Crippen molar-refractivity contribution in [3.8, 4) is 0 Å². The highest BCUT2D eigenvalue weighted by Gasteiger charge is 2.28. The SMILES string of the molecule is NC(=O)c1c(NC(=O)CSc2nnnn2C2CC2)sc2c1CCCC2. The number of carbonyl (C=O) groups is 2. The number of amides is 2. The van der Waals surface area contributed by atoms with Gasteiger partial charge in [0.25, 0.3) is 5.91 Å². The maximum Gasteiger partial charge on any atom is 0.251 e. The molecule has 0 bridgehead atoms. The molecule has 25 heavy (non-hydrogen) atoms. The van der Waals surface area contributed by atoms with Crippen LogP contribution in [0.3, 0.4) is 0 Å². The molecule has 1 saturated carbocycles. The number of aromatic nitrogens is 4. The van der Waals surface area contributed by atoms with Crippen LogP contribution in [0.2, 0.25) is 0 Å². The number of hydrogen-bond donors (Lipinski definition) is 2. The third-order valence-electron chi connectivity index (χ3n) is 4.36. The molecule has 2 aliphatic rings. The lowest BCUT2D eigenvalue weighted by molar-refractivity contribution is -0.113. The molecule has 2 heterocycles. The lowest BCUT2D eigenvalue weighted by Crippen LogP contribution is -2.19. The second kappa shape index (κ2) is 6.75. The van der Waals surface area contributed by atoms with E-state index < -0.39 is 5.91 Å². The van der Waals surface area contributed by atoms with Gasteiger partial charge in [0, 0.05) is 4.88 Å². The van der Waals surface area contributed by atoms with E-state index in [9.17, 15) is 9.59 Å². The molecule has 0 atom stereocenters. The molecule has 0 spiro atoms. The molecule has 2 amide bonds. The van der Waals surface area contributed by atoms with E-state index in [4.69, 9.17) is 5.73 Å². The molecule has 10 heteroatoms. The molecule has 0 aliphatic heterocycles. The maximum atomic E-state index is 12.3. The second-order valence-electron chi connectivity index (χ2n) is 6.25. The Hall–Kier alpha value is -1.94. The number of primary amides is 1. The highest BCUT2D eigenvalue weighted by Crippen LogP contribution is 2.38. The molecular formula is C15H18N6O2S2. The highest BCUT2D eigenvalue weighted by atomic mass is 32.2. The van der Waals surface area contributed by atoms with Crippen molar-refractivity contribution in [3.63, 3.8) is 0 Å². The van der Waals surface area contributed by atoms with E-state index in [1.165, 1.54) is 28.0 Å². The molecule has 2 aliphatic carbocycles. The fourth-order valence-electron chi connectivity index (χ4n) is 3.04. The van der Waals surface area contributed by atoms with E-state index in [2.05, 4.69) is 20.8 Å². The first-order valence-electron chi connectivity index (χ1n) is 8.28. The Kier molecular flexibility index (Phi) is 4.46. The van der Waals surface area contributed by atoms with Crippen molar-refractivity contribution in [3.05, 3.63) is 16.0 Å². The summed E-state index contributed by atoms with van der Waals surface area (Å²) < 4.78 is 1.77. The Morgan fingerprint density at radius 3 is 2.88 bits per heavy atom. The lowest BCUT2D eigenvalue weighted by atomic mass is 9.95. The summed E-state index contributed by atoms with van der Waals surface area (Å²) in [5.74, 6) is -0.468. The van der Waals surface area contributed by atoms with Gasteiger partial charge in [0.15, 0.2) is 0 Å². The van der Waals surface area contributed by atoms with Gasteiger partial charge in [-0.1, -0.05) is 11.8 Å². The molecule has 0 aromatic carbocycles. The van der Waals surface area contributed by atoms with Crippen molar-refractivity contribution in [2.24, 2.45) is 5.73 Å². The Morgan fingerprint density at radius 1 is 1.32 bits per heavy atom. The zero-order valence-corrected chi connectivity index (χ0v) is 15.2. The number of thiophene rings is 1. The van der Waals surface area contributed by atoms with Gasteiger partial charge < -0.3 is 11.1 Å². The summed E-state index contributed by atoms with van der Waals surface area (Å²) in [7, 11) is 0. The first kappa shape index (κ1) is 16.5. The third kappa shape index (κ3) is 3.40. The van der Waals surface area contributed by atoms with Crippen molar-refractivity contribution in [1.82, 2.24) is 20.2 Å². The largest absolute Gasteiger partial charge is 0.365 e. The van der Waals surface area contributed by atoms with Crippen molar-refractivity contribution in [2.45, 2.75) is 49.7 Å². The highest BCUT2D eigenvalue weighted by molar-refractivity contribution is 7.99. The van der Waals surface area contributed by atoms with Gasteiger partial charge in [0.05, 0.1) is 17.4 Å². The summed E-state index contributed by atoms with van der Waals surface area (Å²) in [6, 6.07) is 0.367. The molecule has 1 fully saturated rings. The first-order chi connectivity index (χ1) is 12.1. The summed E-state index contributed by atoms with van der Waals surface area (Å²) in [6.45, 7) is 0. The van der Waals surface area contributed by atoms with Gasteiger partial charge in [-0.2, -0.15) is 0 Å². The van der Waals surface area contributed by atoms with Gasteiger partial charge in [0.2, 0.25) is 11.1 Å². The van der Waals surface area contributed by atoms with Crippen LogP contribution in [-0.4, -0.2) is 37.8 Å². The Morgan fingerprint density at radius 2 is 2.12 bits per heavy atom. The number of hydrogen-bond acceptors (Lipinski definition) is 7. The fourth-order valence-corrected chi connectivity index (χ4v) is 5.09. The van der Waals surface area contributed by atoms with E-state index in [-0.39, 0.29) is 11.7 Å². The number of anilines is 1. The van der Waals surface area contributed by atoms with E-state index in [1.54, 1.807) is 4.68 Å². The smallest absolute Gasteiger partial charge is 0.251 e. The Labute approximate surface area is 152 Å². The van der Waals surface area contributed by atoms with Crippen molar-refractivity contribution < 1.29 is 9.59 Å². The summed E-state index contributed by atoms with van der Waals surface area (Å²) in [5.41, 5.74) is 7.06. The van der Waals surface area contributed by atoms with Crippen LogP contribution in [0.1, 0.15) is 52.5 Å². The van der Waals surface area contributed by atoms with E-state index in [0.29, 0.717) is 21.8 Å². The molecule has 132 valence electrons. The van der Waals surface area contributed by atoms with Crippen LogP contribution in [0.5, 0.6) is 0 Å². The number of nitrogens with zero attached hydrogens (tertiary/aromatic N) is 4. The van der Waals surface area contributed by atoms with Crippen LogP contribution in [0.25, 0.3) is 0 Å². The molecule has 8 nitrogen and oxygen atoms in total. The molecule has 0 saturated heterocycles. The van der Waals surface area contributed by atoms with E-state index in [1.807, 2.05) is 0 Å². The molecule has 2 aromatic rings. The summed E-state index contributed by atoms with van der Waals surface area (Å²) in [6.07, 6.45) is 6.11. The molecule has 0 unspecified atom stereocenters. The van der Waals surface area contributed by atoms with Crippen molar-refractivity contribution in [1.29, 1.82) is 0 Å². The lowest BCUT2D eigenvalue weighted by Gasteiger charge is -2.11. The monoisotopic (exact) mass is 378 g/mol. The number of fused-ring (bicyclic) bond motifs is 1. The van der Waals surface area contributed by atoms with Crippen LogP contribution < -0.4 is 11.1 Å². The predicted molar refractivity (Wildman–Crippen MR) is 94.9 cm³/mol. The average Bonchev–Trinajstić information content (AvgIpc) is 3.20. The number of carbonyl (C=O) groups excluding carboxylic acids is 2. The number of thioether (sulfide) groups is 1. The van der Waals surface area contributed by atoms with Gasteiger partial charge in [-0.15, -0.1) is 16.4 Å². The topological polar surface area (TPSA) is 116 Å². The Balaban J connectivity index is 1.44. The van der Waals surface area contributed by atoms with Crippen molar-refractivity contribution >= 4 is 39.9 Å². The zero-order chi connectivity index (χ0) is 17.4. The summed E-state index contributed by atoms with van der Waals surface area (Å²) >= 11 is 2.77. The maximum absolute atomic E-state index is 12.3. The average molecular weight is 378 g/mol. The summed E-state index contributed by atoms with van der Waals surface area (Å²) in [5, 5.41) is 15.7. The van der Waals surface area contributed by atoms with Gasteiger partial charge in [0.1, 0.15) is 5.00 Å². The second-order valence-corrected chi connectivity index (χ2v) is 8.30. The number of rotatable bonds is 6. The molecular weight excluding hydrogens is 360 g/mol. The third-order valence-corrected chi connectivity index (χ3v) is 6.50. The minimum atomic E-state index is -0.472. The van der Waals surface area contributed by atoms with E-state index >= 15 is 0 Å². The van der Waals surface area contributed by atoms with Crippen LogP contribution in [0.4, 0.5) is 5.00 Å². The number of tetrazole rings is 1. The number of nitrogens with two attached hydrogens (primary N) is 1. The predicted octanol–water partition coefficient (Wildman–Crippen LogP) is 1.78. The zero-order valence-electron chi connectivity index (χ0n) is 13.5. The standard InChI is InChI=1S/C15H18N6O2S2/c16-13(23)12-9-3-1-2-4-10(9)25-14(12)17-11(22)7-24-15-18-19-20-21(15)8-5-6-8/h8H,1-7H2,(H2,16,23)(H,17,22). The Bertz CT molecular complexity index is 826. The normalized spacial score (nSPS) is 16.5. The summed E-state index contributed by atoms with van der Waals surface area (Å²) in [4.78, 5) is 25.4. The van der Waals surface area contributed by atoms with Gasteiger partial charge >= 0.3 is 0 Å². The van der Waals surface area contributed by atoms with Crippen LogP contribution >= 0.6 is 23.1 Å². The molecule has 4 rings (SSSR count). The molecule has 0 radical (unpaired) electrons. The van der Waals surface area contributed by atoms with Gasteiger partial charge in [-0.05, 0) is 54.5 Å². The van der Waals surface area contributed by atoms with Crippen LogP contribution in [0.15, 0.2) is 5.16 Å². The quantitative estimate of drug-likeness (QED) is 0.740. The van der Waals surface area contributed by atoms with Gasteiger partial charge in [-0.3, -0.25) is 9.59 Å². The van der Waals surface area contributed by atoms with E-state index in [0.717, 1.165) is 44.1 Å². The minimum Gasteiger partial charge on any atom is -0.365 e. The minimum absolute atomic E-state index is 0.184. The van der Waals surface area contributed by atoms with Crippen molar-refractivity contribution in [2.75, 3.05) is 11.1 Å². The first-order valence-corrected chi connectivity index (χ1v) is 10.1. The molecule has 3 N–H and O–H groups in total. The molecule has 2 aromatic heterocycles. The van der Waals surface area contributed by atoms with Gasteiger partial charge in [-0.25, -0.2) is 4.68 Å².